The Morgan fingerprint density at radius 3 is 2.59 bits per heavy atom. The van der Waals surface area contributed by atoms with E-state index < -0.39 is 17.5 Å². The maximum Gasteiger partial charge on any atom is 0.314 e. The first-order chi connectivity index (χ1) is 8.06. The highest BCUT2D eigenvalue weighted by molar-refractivity contribution is 5.77. The number of aliphatic hydroxyl groups is 1. The molecule has 1 N–H and O–H groups in total. The largest absolute Gasteiger partial charge is 0.469 e. The summed E-state index contributed by atoms with van der Waals surface area (Å²) in [6, 6.07) is 9.08. The molecule has 1 rings (SSSR count). The molecule has 92 valence electrons. The lowest BCUT2D eigenvalue weighted by Crippen LogP contribution is -2.35. The zero-order valence-electron chi connectivity index (χ0n) is 10.2. The molecule has 0 unspecified atom stereocenters. The second kappa shape index (κ2) is 5.64. The van der Waals surface area contributed by atoms with Crippen molar-refractivity contribution in [2.75, 3.05) is 7.11 Å². The summed E-state index contributed by atoms with van der Waals surface area (Å²) < 4.78 is 4.76. The molecule has 0 saturated carbocycles. The Morgan fingerprint density at radius 2 is 2.12 bits per heavy atom. The quantitative estimate of drug-likeness (QED) is 0.629. The van der Waals surface area contributed by atoms with E-state index in [9.17, 15) is 9.90 Å². The van der Waals surface area contributed by atoms with Crippen molar-refractivity contribution in [2.24, 2.45) is 5.41 Å². The molecular weight excluding hydrogens is 216 g/mol. The van der Waals surface area contributed by atoms with E-state index in [4.69, 9.17) is 4.74 Å². The number of rotatable bonds is 5. The summed E-state index contributed by atoms with van der Waals surface area (Å²) in [7, 11) is 1.32. The summed E-state index contributed by atoms with van der Waals surface area (Å²) in [6.07, 6.45) is 1.06. The molecule has 0 bridgehead atoms. The van der Waals surface area contributed by atoms with E-state index in [1.807, 2.05) is 18.2 Å². The van der Waals surface area contributed by atoms with Gasteiger partial charge in [-0.3, -0.25) is 4.79 Å². The third-order valence-electron chi connectivity index (χ3n) is 2.94. The highest BCUT2D eigenvalue weighted by Gasteiger charge is 2.41. The van der Waals surface area contributed by atoms with Crippen LogP contribution >= 0.6 is 0 Å². The van der Waals surface area contributed by atoms with Crippen LogP contribution in [0.3, 0.4) is 0 Å². The summed E-state index contributed by atoms with van der Waals surface area (Å²) in [5, 5.41) is 10.3. The Balaban J connectivity index is 3.07. The van der Waals surface area contributed by atoms with Crippen molar-refractivity contribution < 1.29 is 14.6 Å². The lowest BCUT2D eigenvalue weighted by molar-refractivity contribution is -0.159. The van der Waals surface area contributed by atoms with Gasteiger partial charge in [0.2, 0.25) is 0 Å². The number of carbonyl (C=O) groups is 1. The van der Waals surface area contributed by atoms with Crippen LogP contribution in [0.25, 0.3) is 0 Å². The first kappa shape index (κ1) is 13.5. The number of aliphatic hydroxyl groups excluding tert-OH is 1. The second-order valence-corrected chi connectivity index (χ2v) is 4.22. The topological polar surface area (TPSA) is 46.5 Å². The van der Waals surface area contributed by atoms with Gasteiger partial charge in [-0.1, -0.05) is 36.4 Å². The highest BCUT2D eigenvalue weighted by Crippen LogP contribution is 2.38. The molecule has 0 aliphatic heterocycles. The van der Waals surface area contributed by atoms with Crippen LogP contribution in [-0.4, -0.2) is 18.2 Å². The van der Waals surface area contributed by atoms with Crippen LogP contribution in [0.2, 0.25) is 0 Å². The van der Waals surface area contributed by atoms with Gasteiger partial charge in [0, 0.05) is 0 Å². The minimum atomic E-state index is -1.00. The fourth-order valence-electron chi connectivity index (χ4n) is 1.84. The lowest BCUT2D eigenvalue weighted by atomic mass is 9.78. The van der Waals surface area contributed by atoms with E-state index in [1.54, 1.807) is 25.1 Å². The molecule has 1 aromatic rings. The van der Waals surface area contributed by atoms with Crippen molar-refractivity contribution >= 4 is 5.97 Å². The molecule has 0 spiro atoms. The summed E-state index contributed by atoms with van der Waals surface area (Å²) in [5.41, 5.74) is -0.306. The average molecular weight is 234 g/mol. The number of hydrogen-bond donors (Lipinski definition) is 1. The molecule has 0 fully saturated rings. The third-order valence-corrected chi connectivity index (χ3v) is 2.94. The monoisotopic (exact) mass is 234 g/mol. The number of hydrogen-bond acceptors (Lipinski definition) is 3. The van der Waals surface area contributed by atoms with Crippen LogP contribution in [0, 0.1) is 5.41 Å². The van der Waals surface area contributed by atoms with Gasteiger partial charge in [0.15, 0.2) is 0 Å². The fourth-order valence-corrected chi connectivity index (χ4v) is 1.84. The molecule has 3 heteroatoms. The molecule has 1 aromatic carbocycles. The van der Waals surface area contributed by atoms with Crippen LogP contribution in [0.15, 0.2) is 43.0 Å². The third kappa shape index (κ3) is 2.74. The van der Waals surface area contributed by atoms with Crippen LogP contribution in [-0.2, 0) is 9.53 Å². The molecule has 0 radical (unpaired) electrons. The van der Waals surface area contributed by atoms with Gasteiger partial charge in [-0.15, -0.1) is 6.58 Å². The standard InChI is InChI=1S/C14H18O3/c1-4-10-14(2,13(16)17-3)12(15)11-8-6-5-7-9-11/h4-9,12,15H,1,10H2,2-3H3/t12-,14+/m0/s1. The van der Waals surface area contributed by atoms with Gasteiger partial charge in [-0.25, -0.2) is 0 Å². The number of ether oxygens (including phenoxy) is 1. The van der Waals surface area contributed by atoms with Crippen molar-refractivity contribution in [3.8, 4) is 0 Å². The smallest absolute Gasteiger partial charge is 0.314 e. The van der Waals surface area contributed by atoms with E-state index in [2.05, 4.69) is 6.58 Å². The first-order valence-electron chi connectivity index (χ1n) is 5.48. The van der Waals surface area contributed by atoms with Crippen LogP contribution < -0.4 is 0 Å². The summed E-state index contributed by atoms with van der Waals surface area (Å²) in [5.74, 6) is -0.436. The van der Waals surface area contributed by atoms with Gasteiger partial charge in [0.25, 0.3) is 0 Å². The Bertz CT molecular complexity index is 386. The van der Waals surface area contributed by atoms with Crippen molar-refractivity contribution in [1.82, 2.24) is 0 Å². The molecule has 2 atom stereocenters. The molecule has 0 aromatic heterocycles. The minimum absolute atomic E-state index is 0.357. The molecule has 0 aliphatic carbocycles. The van der Waals surface area contributed by atoms with Gasteiger partial charge in [-0.2, -0.15) is 0 Å². The lowest BCUT2D eigenvalue weighted by Gasteiger charge is -2.31. The molecule has 0 aliphatic rings. The first-order valence-corrected chi connectivity index (χ1v) is 5.48. The van der Waals surface area contributed by atoms with E-state index in [0.717, 1.165) is 0 Å². The zero-order chi connectivity index (χ0) is 12.9. The van der Waals surface area contributed by atoms with Gasteiger partial charge in [0.05, 0.1) is 18.6 Å². The minimum Gasteiger partial charge on any atom is -0.469 e. The van der Waals surface area contributed by atoms with Crippen LogP contribution in [0.4, 0.5) is 0 Å². The molecular formula is C14H18O3. The number of allylic oxidation sites excluding steroid dienone is 1. The van der Waals surface area contributed by atoms with Crippen molar-refractivity contribution in [2.45, 2.75) is 19.4 Å². The van der Waals surface area contributed by atoms with Crippen molar-refractivity contribution in [1.29, 1.82) is 0 Å². The normalized spacial score (nSPS) is 15.7. The Kier molecular flexibility index (Phi) is 4.46. The highest BCUT2D eigenvalue weighted by atomic mass is 16.5. The van der Waals surface area contributed by atoms with E-state index in [1.165, 1.54) is 7.11 Å². The number of benzene rings is 1. The van der Waals surface area contributed by atoms with Crippen LogP contribution in [0.5, 0.6) is 0 Å². The predicted molar refractivity (Wildman–Crippen MR) is 66.3 cm³/mol. The maximum absolute atomic E-state index is 11.8. The number of carbonyl (C=O) groups excluding carboxylic acids is 1. The molecule has 0 saturated heterocycles. The summed E-state index contributed by atoms with van der Waals surface area (Å²) in [4.78, 5) is 11.8. The van der Waals surface area contributed by atoms with E-state index in [0.29, 0.717) is 12.0 Å². The maximum atomic E-state index is 11.8. The zero-order valence-corrected chi connectivity index (χ0v) is 10.2. The molecule has 17 heavy (non-hydrogen) atoms. The SMILES string of the molecule is C=CC[C@@](C)(C(=O)OC)[C@@H](O)c1ccccc1. The predicted octanol–water partition coefficient (Wildman–Crippen LogP) is 2.48. The van der Waals surface area contributed by atoms with Gasteiger partial charge < -0.3 is 9.84 Å². The van der Waals surface area contributed by atoms with Gasteiger partial charge >= 0.3 is 5.97 Å². The second-order valence-electron chi connectivity index (χ2n) is 4.22. The molecule has 0 heterocycles. The number of methoxy groups -OCH3 is 1. The van der Waals surface area contributed by atoms with E-state index in [-0.39, 0.29) is 0 Å². The fraction of sp³-hybridized carbons (Fsp3) is 0.357. The van der Waals surface area contributed by atoms with E-state index >= 15 is 0 Å². The Morgan fingerprint density at radius 1 is 1.53 bits per heavy atom. The summed E-state index contributed by atoms with van der Waals surface area (Å²) >= 11 is 0. The summed E-state index contributed by atoms with van der Waals surface area (Å²) in [6.45, 7) is 5.30. The Hall–Kier alpha value is -1.61. The molecule has 0 amide bonds. The van der Waals surface area contributed by atoms with Gasteiger partial charge in [-0.05, 0) is 18.9 Å². The van der Waals surface area contributed by atoms with Crippen molar-refractivity contribution in [3.05, 3.63) is 48.6 Å². The Labute approximate surface area is 102 Å². The van der Waals surface area contributed by atoms with Crippen molar-refractivity contribution in [3.63, 3.8) is 0 Å². The molecule has 3 nitrogen and oxygen atoms in total. The average Bonchev–Trinajstić information content (AvgIpc) is 2.38. The number of esters is 1. The van der Waals surface area contributed by atoms with Crippen LogP contribution in [0.1, 0.15) is 25.0 Å². The van der Waals surface area contributed by atoms with Gasteiger partial charge in [0.1, 0.15) is 0 Å².